The second-order valence-corrected chi connectivity index (χ2v) is 7.70. The standard InChI is InChI=1S/C21H28N4O4S/c1-6-11-30-21-23-20-22-13(4)17(19(26)29-8-3)18(25(20)24-21)14-9-10-15(28-7-2)16(12-14)27-5/h9-10,12,18H,6-8,11H2,1-5H3,(H,22,23,24). The smallest absolute Gasteiger partial charge is 0.338 e. The lowest BCUT2D eigenvalue weighted by atomic mass is 9.95. The van der Waals surface area contributed by atoms with Gasteiger partial charge in [0.2, 0.25) is 11.1 Å². The zero-order valence-corrected chi connectivity index (χ0v) is 18.8. The minimum Gasteiger partial charge on any atom is -0.493 e. The van der Waals surface area contributed by atoms with Crippen LogP contribution in [-0.2, 0) is 9.53 Å². The molecule has 0 bridgehead atoms. The van der Waals surface area contributed by atoms with Gasteiger partial charge in [0.05, 0.1) is 25.9 Å². The Morgan fingerprint density at radius 1 is 1.23 bits per heavy atom. The van der Waals surface area contributed by atoms with Crippen molar-refractivity contribution in [2.24, 2.45) is 0 Å². The Balaban J connectivity index is 2.11. The Morgan fingerprint density at radius 3 is 2.70 bits per heavy atom. The van der Waals surface area contributed by atoms with E-state index in [2.05, 4.69) is 22.3 Å². The Bertz CT molecular complexity index is 941. The van der Waals surface area contributed by atoms with Crippen molar-refractivity contribution in [2.45, 2.75) is 45.3 Å². The van der Waals surface area contributed by atoms with E-state index in [0.717, 1.165) is 17.7 Å². The van der Waals surface area contributed by atoms with Crippen molar-refractivity contribution >= 4 is 23.7 Å². The van der Waals surface area contributed by atoms with Crippen molar-refractivity contribution in [2.75, 3.05) is 31.4 Å². The van der Waals surface area contributed by atoms with E-state index in [9.17, 15) is 4.79 Å². The zero-order valence-electron chi connectivity index (χ0n) is 18.0. The van der Waals surface area contributed by atoms with Crippen molar-refractivity contribution in [1.29, 1.82) is 0 Å². The van der Waals surface area contributed by atoms with Gasteiger partial charge in [0, 0.05) is 11.4 Å². The van der Waals surface area contributed by atoms with Gasteiger partial charge in [-0.05, 0) is 44.9 Å². The summed E-state index contributed by atoms with van der Waals surface area (Å²) in [5.41, 5.74) is 2.02. The first kappa shape index (κ1) is 22.0. The second kappa shape index (κ2) is 9.88. The fourth-order valence-corrected chi connectivity index (χ4v) is 3.98. The number of fused-ring (bicyclic) bond motifs is 1. The lowest BCUT2D eigenvalue weighted by Crippen LogP contribution is -2.29. The molecule has 1 aliphatic heterocycles. The van der Waals surface area contributed by atoms with Crippen LogP contribution in [0.15, 0.2) is 34.6 Å². The summed E-state index contributed by atoms with van der Waals surface area (Å²) in [5.74, 6) is 2.37. The average Bonchev–Trinajstić information content (AvgIpc) is 3.14. The number of aromatic nitrogens is 3. The number of methoxy groups -OCH3 is 1. The highest BCUT2D eigenvalue weighted by molar-refractivity contribution is 7.99. The Kier molecular flexibility index (Phi) is 7.25. The predicted octanol–water partition coefficient (Wildman–Crippen LogP) is 4.04. The molecule has 2 heterocycles. The van der Waals surface area contributed by atoms with E-state index >= 15 is 0 Å². The van der Waals surface area contributed by atoms with Gasteiger partial charge in [-0.25, -0.2) is 9.48 Å². The lowest BCUT2D eigenvalue weighted by molar-refractivity contribution is -0.139. The molecule has 3 rings (SSSR count). The number of nitrogens with zero attached hydrogens (tertiary/aromatic N) is 3. The molecule has 0 saturated heterocycles. The van der Waals surface area contributed by atoms with Gasteiger partial charge in [0.1, 0.15) is 6.04 Å². The van der Waals surface area contributed by atoms with Crippen LogP contribution in [0, 0.1) is 0 Å². The van der Waals surface area contributed by atoms with Gasteiger partial charge < -0.3 is 19.5 Å². The minimum absolute atomic E-state index is 0.288. The number of anilines is 1. The zero-order chi connectivity index (χ0) is 21.7. The number of thioether (sulfide) groups is 1. The number of benzene rings is 1. The first-order chi connectivity index (χ1) is 14.5. The van der Waals surface area contributed by atoms with E-state index in [0.29, 0.717) is 40.5 Å². The normalized spacial score (nSPS) is 15.4. The summed E-state index contributed by atoms with van der Waals surface area (Å²) in [7, 11) is 1.60. The molecule has 0 radical (unpaired) electrons. The van der Waals surface area contributed by atoms with Crippen LogP contribution in [0.3, 0.4) is 0 Å². The Labute approximate surface area is 181 Å². The van der Waals surface area contributed by atoms with E-state index in [1.807, 2.05) is 32.0 Å². The number of carbonyl (C=O) groups excluding carboxylic acids is 1. The van der Waals surface area contributed by atoms with Crippen molar-refractivity contribution < 1.29 is 19.0 Å². The summed E-state index contributed by atoms with van der Waals surface area (Å²) >= 11 is 1.59. The Hall–Kier alpha value is -2.68. The summed E-state index contributed by atoms with van der Waals surface area (Å²) in [5, 5.41) is 8.55. The molecule has 1 aliphatic rings. The van der Waals surface area contributed by atoms with Crippen LogP contribution in [0.2, 0.25) is 0 Å². The number of carbonyl (C=O) groups is 1. The molecular weight excluding hydrogens is 404 g/mol. The van der Waals surface area contributed by atoms with Crippen LogP contribution < -0.4 is 14.8 Å². The number of nitrogens with one attached hydrogen (secondary N) is 1. The van der Waals surface area contributed by atoms with Gasteiger partial charge in [-0.15, -0.1) is 5.10 Å². The third-order valence-electron chi connectivity index (χ3n) is 4.57. The van der Waals surface area contributed by atoms with Crippen LogP contribution in [0.25, 0.3) is 0 Å². The third kappa shape index (κ3) is 4.40. The van der Waals surface area contributed by atoms with Crippen molar-refractivity contribution in [3.63, 3.8) is 0 Å². The van der Waals surface area contributed by atoms with Gasteiger partial charge in [-0.3, -0.25) is 0 Å². The molecule has 9 heteroatoms. The SMILES string of the molecule is CCCSc1nc2n(n1)C(c1ccc(OCC)c(OC)c1)C(C(=O)OCC)=C(C)N2. The van der Waals surface area contributed by atoms with E-state index in [1.165, 1.54) is 0 Å². The van der Waals surface area contributed by atoms with Gasteiger partial charge in [0.15, 0.2) is 11.5 Å². The molecule has 162 valence electrons. The monoisotopic (exact) mass is 432 g/mol. The summed E-state index contributed by atoms with van der Waals surface area (Å²) in [6.07, 6.45) is 1.02. The molecular formula is C21H28N4O4S. The molecule has 0 aliphatic carbocycles. The molecule has 1 unspecified atom stereocenters. The van der Waals surface area contributed by atoms with Gasteiger partial charge >= 0.3 is 5.97 Å². The van der Waals surface area contributed by atoms with Gasteiger partial charge in [-0.2, -0.15) is 4.98 Å². The average molecular weight is 433 g/mol. The van der Waals surface area contributed by atoms with E-state index in [1.54, 1.807) is 30.5 Å². The quantitative estimate of drug-likeness (QED) is 0.469. The number of hydrogen-bond donors (Lipinski definition) is 1. The topological polar surface area (TPSA) is 87.5 Å². The van der Waals surface area contributed by atoms with Crippen LogP contribution in [-0.4, -0.2) is 46.8 Å². The fraction of sp³-hybridized carbons (Fsp3) is 0.476. The molecule has 0 fully saturated rings. The minimum atomic E-state index is -0.492. The molecule has 1 aromatic heterocycles. The molecule has 30 heavy (non-hydrogen) atoms. The lowest BCUT2D eigenvalue weighted by Gasteiger charge is -2.28. The van der Waals surface area contributed by atoms with Crippen LogP contribution in [0.1, 0.15) is 45.7 Å². The molecule has 2 aromatic rings. The number of esters is 1. The second-order valence-electron chi connectivity index (χ2n) is 6.64. The summed E-state index contributed by atoms with van der Waals surface area (Å²) in [4.78, 5) is 17.5. The number of ether oxygens (including phenoxy) is 3. The third-order valence-corrected chi connectivity index (χ3v) is 5.61. The molecule has 0 amide bonds. The first-order valence-corrected chi connectivity index (χ1v) is 11.1. The van der Waals surface area contributed by atoms with Crippen molar-refractivity contribution in [3.05, 3.63) is 35.0 Å². The van der Waals surface area contributed by atoms with Crippen LogP contribution >= 0.6 is 11.8 Å². The highest BCUT2D eigenvalue weighted by Gasteiger charge is 2.35. The van der Waals surface area contributed by atoms with Crippen molar-refractivity contribution in [1.82, 2.24) is 14.8 Å². The number of rotatable bonds is 9. The first-order valence-electron chi connectivity index (χ1n) is 10.1. The Morgan fingerprint density at radius 2 is 2.03 bits per heavy atom. The molecule has 8 nitrogen and oxygen atoms in total. The number of hydrogen-bond acceptors (Lipinski definition) is 8. The van der Waals surface area contributed by atoms with Crippen LogP contribution in [0.4, 0.5) is 5.95 Å². The molecule has 0 spiro atoms. The molecule has 1 atom stereocenters. The fourth-order valence-electron chi connectivity index (χ4n) is 3.30. The predicted molar refractivity (Wildman–Crippen MR) is 116 cm³/mol. The van der Waals surface area contributed by atoms with E-state index in [4.69, 9.17) is 14.2 Å². The molecule has 1 N–H and O–H groups in total. The highest BCUT2D eigenvalue weighted by atomic mass is 32.2. The summed E-state index contributed by atoms with van der Waals surface area (Å²) in [6.45, 7) is 8.49. The summed E-state index contributed by atoms with van der Waals surface area (Å²) < 4.78 is 18.3. The van der Waals surface area contributed by atoms with Gasteiger partial charge in [0.25, 0.3) is 0 Å². The van der Waals surface area contributed by atoms with Crippen molar-refractivity contribution in [3.8, 4) is 11.5 Å². The highest BCUT2D eigenvalue weighted by Crippen LogP contribution is 2.39. The molecule has 0 saturated carbocycles. The van der Waals surface area contributed by atoms with E-state index in [-0.39, 0.29) is 12.6 Å². The van der Waals surface area contributed by atoms with Crippen LogP contribution in [0.5, 0.6) is 11.5 Å². The van der Waals surface area contributed by atoms with Gasteiger partial charge in [-0.1, -0.05) is 24.8 Å². The number of allylic oxidation sites excluding steroid dienone is 1. The maximum Gasteiger partial charge on any atom is 0.338 e. The summed E-state index contributed by atoms with van der Waals surface area (Å²) in [6, 6.07) is 5.15. The largest absolute Gasteiger partial charge is 0.493 e. The maximum absolute atomic E-state index is 12.9. The molecule has 1 aromatic carbocycles. The maximum atomic E-state index is 12.9. The van der Waals surface area contributed by atoms with E-state index < -0.39 is 6.04 Å².